The number of benzene rings is 2. The lowest BCUT2D eigenvalue weighted by Gasteiger charge is -2.26. The monoisotopic (exact) mass is 508 g/mol. The van der Waals surface area contributed by atoms with Crippen molar-refractivity contribution < 1.29 is 24.1 Å². The Morgan fingerprint density at radius 2 is 1.92 bits per heavy atom. The van der Waals surface area contributed by atoms with Gasteiger partial charge in [0, 0.05) is 11.1 Å². The van der Waals surface area contributed by atoms with E-state index in [0.717, 1.165) is 0 Å². The smallest absolute Gasteiger partial charge is 0.338 e. The topological polar surface area (TPSA) is 99.4 Å². The Morgan fingerprint density at radius 1 is 1.19 bits per heavy atom. The summed E-state index contributed by atoms with van der Waals surface area (Å²) in [5.74, 6) is 0.257. The molecule has 8 nitrogen and oxygen atoms in total. The molecule has 188 valence electrons. The number of hydrogen-bond donors (Lipinski definition) is 1. The fraction of sp³-hybridized carbons (Fsp3) is 0.296. The molecule has 1 aliphatic rings. The van der Waals surface area contributed by atoms with Crippen molar-refractivity contribution in [1.82, 2.24) is 4.57 Å². The van der Waals surface area contributed by atoms with Crippen molar-refractivity contribution in [1.29, 1.82) is 0 Å². The number of aromatic hydroxyl groups is 1. The van der Waals surface area contributed by atoms with Gasteiger partial charge in [-0.3, -0.25) is 9.36 Å². The maximum atomic E-state index is 13.8. The highest BCUT2D eigenvalue weighted by atomic mass is 32.1. The first-order valence-electron chi connectivity index (χ1n) is 11.6. The van der Waals surface area contributed by atoms with Crippen molar-refractivity contribution in [3.05, 3.63) is 84.5 Å². The van der Waals surface area contributed by atoms with Crippen LogP contribution in [0.2, 0.25) is 0 Å². The molecule has 1 aliphatic heterocycles. The Kier molecular flexibility index (Phi) is 7.30. The molecule has 0 saturated carbocycles. The number of allylic oxidation sites excluding steroid dienone is 1. The number of para-hydroxylation sites is 2. The van der Waals surface area contributed by atoms with Gasteiger partial charge in [0.1, 0.15) is 11.8 Å². The summed E-state index contributed by atoms with van der Waals surface area (Å²) in [7, 11) is 1.46. The highest BCUT2D eigenvalue weighted by molar-refractivity contribution is 7.07. The van der Waals surface area contributed by atoms with Crippen LogP contribution in [0.15, 0.2) is 63.5 Å². The first kappa shape index (κ1) is 25.2. The van der Waals surface area contributed by atoms with Gasteiger partial charge in [-0.05, 0) is 45.9 Å². The molecule has 36 heavy (non-hydrogen) atoms. The van der Waals surface area contributed by atoms with E-state index >= 15 is 0 Å². The van der Waals surface area contributed by atoms with E-state index in [0.29, 0.717) is 37.7 Å². The van der Waals surface area contributed by atoms with Gasteiger partial charge in [-0.15, -0.1) is 0 Å². The molecule has 0 amide bonds. The predicted octanol–water partition coefficient (Wildman–Crippen LogP) is 3.30. The molecule has 1 N–H and O–H groups in total. The van der Waals surface area contributed by atoms with Crippen LogP contribution in [-0.2, 0) is 9.53 Å². The minimum absolute atomic E-state index is 0.0681. The number of nitrogens with zero attached hydrogens (tertiary/aromatic N) is 2. The zero-order valence-corrected chi connectivity index (χ0v) is 21.6. The van der Waals surface area contributed by atoms with Crippen molar-refractivity contribution >= 4 is 23.4 Å². The largest absolute Gasteiger partial charge is 0.504 e. The highest BCUT2D eigenvalue weighted by Crippen LogP contribution is 2.36. The van der Waals surface area contributed by atoms with Gasteiger partial charge in [0.05, 0.1) is 35.6 Å². The van der Waals surface area contributed by atoms with Crippen molar-refractivity contribution in [2.24, 2.45) is 4.99 Å². The maximum absolute atomic E-state index is 13.8. The zero-order chi connectivity index (χ0) is 26.0. The Hall–Kier alpha value is -3.85. The molecule has 0 radical (unpaired) electrons. The summed E-state index contributed by atoms with van der Waals surface area (Å²) in [6.07, 6.45) is 1.48. The van der Waals surface area contributed by atoms with Crippen LogP contribution in [0.4, 0.5) is 0 Å². The minimum Gasteiger partial charge on any atom is -0.504 e. The lowest BCUT2D eigenvalue weighted by molar-refractivity contribution is -0.139. The predicted molar refractivity (Wildman–Crippen MR) is 137 cm³/mol. The number of ether oxygens (including phenoxy) is 3. The zero-order valence-electron chi connectivity index (χ0n) is 20.8. The number of phenols is 1. The Morgan fingerprint density at radius 3 is 2.61 bits per heavy atom. The van der Waals surface area contributed by atoms with Crippen LogP contribution in [0, 0.1) is 0 Å². The van der Waals surface area contributed by atoms with E-state index < -0.39 is 12.0 Å². The van der Waals surface area contributed by atoms with Gasteiger partial charge in [-0.25, -0.2) is 9.79 Å². The highest BCUT2D eigenvalue weighted by Gasteiger charge is 2.35. The average molecular weight is 509 g/mol. The molecule has 1 aromatic heterocycles. The molecule has 0 aliphatic carbocycles. The number of hydrogen-bond acceptors (Lipinski definition) is 8. The van der Waals surface area contributed by atoms with Gasteiger partial charge in [0.2, 0.25) is 0 Å². The first-order valence-corrected chi connectivity index (χ1v) is 12.4. The van der Waals surface area contributed by atoms with Crippen molar-refractivity contribution in [3.8, 4) is 17.2 Å². The van der Waals surface area contributed by atoms with Crippen molar-refractivity contribution in [2.45, 2.75) is 39.8 Å². The molecule has 9 heteroatoms. The van der Waals surface area contributed by atoms with Crippen LogP contribution in [-0.4, -0.2) is 35.5 Å². The van der Waals surface area contributed by atoms with E-state index in [4.69, 9.17) is 14.2 Å². The van der Waals surface area contributed by atoms with E-state index in [1.54, 1.807) is 38.1 Å². The fourth-order valence-electron chi connectivity index (χ4n) is 4.12. The van der Waals surface area contributed by atoms with Gasteiger partial charge >= 0.3 is 5.97 Å². The van der Waals surface area contributed by atoms with Gasteiger partial charge in [-0.1, -0.05) is 41.7 Å². The van der Waals surface area contributed by atoms with Crippen LogP contribution in [0.3, 0.4) is 0 Å². The van der Waals surface area contributed by atoms with Crippen molar-refractivity contribution in [3.63, 3.8) is 0 Å². The number of thiazole rings is 1. The summed E-state index contributed by atoms with van der Waals surface area (Å²) in [4.78, 5) is 31.9. The van der Waals surface area contributed by atoms with E-state index in [-0.39, 0.29) is 29.6 Å². The van der Waals surface area contributed by atoms with E-state index in [1.165, 1.54) is 23.0 Å². The number of rotatable bonds is 7. The fourth-order valence-corrected chi connectivity index (χ4v) is 5.15. The summed E-state index contributed by atoms with van der Waals surface area (Å²) < 4.78 is 18.4. The average Bonchev–Trinajstić information content (AvgIpc) is 3.14. The van der Waals surface area contributed by atoms with Gasteiger partial charge < -0.3 is 19.3 Å². The second-order valence-corrected chi connectivity index (χ2v) is 9.41. The standard InChI is InChI=1S/C27H28N2O6S/c1-6-34-26(32)22-16(4)28-27-29(23(22)18-11-7-8-12-19(18)35-15(2)3)25(31)21(36-27)14-17-10-9-13-20(33-5)24(17)30/h7-15,23,30H,6H2,1-5H3/b21-14-/t23-/m1/s1. The Bertz CT molecular complexity index is 1520. The number of methoxy groups -OCH3 is 1. The molecule has 0 unspecified atom stereocenters. The molecular formula is C27H28N2O6S. The molecule has 0 saturated heterocycles. The second kappa shape index (κ2) is 10.4. The van der Waals surface area contributed by atoms with Crippen LogP contribution >= 0.6 is 11.3 Å². The third-order valence-corrected chi connectivity index (χ3v) is 6.61. The van der Waals surface area contributed by atoms with E-state index in [2.05, 4.69) is 4.99 Å². The number of carbonyl (C=O) groups excluding carboxylic acids is 1. The molecule has 3 aromatic rings. The van der Waals surface area contributed by atoms with Crippen LogP contribution < -0.4 is 24.4 Å². The number of phenolic OH excluding ortho intramolecular Hbond substituents is 1. The maximum Gasteiger partial charge on any atom is 0.338 e. The first-order chi connectivity index (χ1) is 17.3. The summed E-state index contributed by atoms with van der Waals surface area (Å²) in [6.45, 7) is 7.48. The van der Waals surface area contributed by atoms with Crippen LogP contribution in [0.25, 0.3) is 6.08 Å². The molecule has 0 spiro atoms. The summed E-state index contributed by atoms with van der Waals surface area (Å²) in [6, 6.07) is 11.6. The lowest BCUT2D eigenvalue weighted by Crippen LogP contribution is -2.40. The van der Waals surface area contributed by atoms with Crippen LogP contribution in [0.5, 0.6) is 17.2 Å². The van der Waals surface area contributed by atoms with Gasteiger partial charge in [0.15, 0.2) is 16.3 Å². The molecule has 0 fully saturated rings. The van der Waals surface area contributed by atoms with E-state index in [1.807, 2.05) is 38.1 Å². The SMILES string of the molecule is CCOC(=O)C1=C(C)N=c2s/c(=C\c3cccc(OC)c3O)c(=O)n2[C@@H]1c1ccccc1OC(C)C. The molecule has 2 heterocycles. The molecule has 0 bridgehead atoms. The van der Waals surface area contributed by atoms with Gasteiger partial charge in [-0.2, -0.15) is 0 Å². The Balaban J connectivity index is 1.99. The molecule has 1 atom stereocenters. The number of esters is 1. The molecule has 4 rings (SSSR count). The van der Waals surface area contributed by atoms with Crippen molar-refractivity contribution in [2.75, 3.05) is 13.7 Å². The van der Waals surface area contributed by atoms with Crippen LogP contribution in [0.1, 0.15) is 44.9 Å². The molecular weight excluding hydrogens is 480 g/mol. The second-order valence-electron chi connectivity index (χ2n) is 8.40. The number of fused-ring (bicyclic) bond motifs is 1. The third kappa shape index (κ3) is 4.66. The Labute approximate surface area is 212 Å². The summed E-state index contributed by atoms with van der Waals surface area (Å²) >= 11 is 1.18. The normalized spacial score (nSPS) is 15.5. The quantitative estimate of drug-likeness (QED) is 0.492. The van der Waals surface area contributed by atoms with Gasteiger partial charge in [0.25, 0.3) is 5.56 Å². The molecule has 2 aromatic carbocycles. The summed E-state index contributed by atoms with van der Waals surface area (Å²) in [5.41, 5.74) is 1.48. The third-order valence-electron chi connectivity index (χ3n) is 5.63. The lowest BCUT2D eigenvalue weighted by atomic mass is 9.95. The minimum atomic E-state index is -0.795. The number of carbonyl (C=O) groups is 1. The number of aromatic nitrogens is 1. The summed E-state index contributed by atoms with van der Waals surface area (Å²) in [5, 5.41) is 10.5. The van der Waals surface area contributed by atoms with E-state index in [9.17, 15) is 14.7 Å².